The maximum Gasteiger partial charge on any atom is 0.191 e. The highest BCUT2D eigenvalue weighted by molar-refractivity contribution is 14.0. The Morgan fingerprint density at radius 1 is 1.21 bits per heavy atom. The Kier molecular flexibility index (Phi) is 9.66. The lowest BCUT2D eigenvalue weighted by Gasteiger charge is -2.27. The summed E-state index contributed by atoms with van der Waals surface area (Å²) in [5, 5.41) is 7.05. The van der Waals surface area contributed by atoms with Crippen molar-refractivity contribution in [2.45, 2.75) is 51.1 Å². The number of guanidine groups is 1. The molecule has 1 aromatic carbocycles. The van der Waals surface area contributed by atoms with Crippen molar-refractivity contribution in [3.05, 3.63) is 35.4 Å². The summed E-state index contributed by atoms with van der Waals surface area (Å²) in [6.07, 6.45) is 6.27. The van der Waals surface area contributed by atoms with Crippen LogP contribution >= 0.6 is 24.0 Å². The van der Waals surface area contributed by atoms with Crippen LogP contribution in [0.4, 0.5) is 0 Å². The average Bonchev–Trinajstić information content (AvgIpc) is 3.07. The zero-order chi connectivity index (χ0) is 16.7. The van der Waals surface area contributed by atoms with Gasteiger partial charge in [0.25, 0.3) is 0 Å². The van der Waals surface area contributed by atoms with E-state index in [1.807, 2.05) is 7.05 Å². The Balaban J connectivity index is 0.00000288. The molecule has 0 bridgehead atoms. The summed E-state index contributed by atoms with van der Waals surface area (Å²) in [4.78, 5) is 6.64. The van der Waals surface area contributed by atoms with E-state index in [9.17, 15) is 0 Å². The molecule has 0 spiro atoms. The summed E-state index contributed by atoms with van der Waals surface area (Å²) in [5.41, 5.74) is 2.73. The molecule has 0 heterocycles. The number of hydrogen-bond acceptors (Lipinski definition) is 2. The van der Waals surface area contributed by atoms with E-state index < -0.39 is 0 Å². The molecule has 0 aliphatic heterocycles. The minimum absolute atomic E-state index is 0. The molecular weight excluding hydrogens is 411 g/mol. The van der Waals surface area contributed by atoms with Crippen molar-refractivity contribution in [2.75, 3.05) is 27.7 Å². The zero-order valence-electron chi connectivity index (χ0n) is 15.5. The molecule has 1 aromatic rings. The van der Waals surface area contributed by atoms with Crippen LogP contribution < -0.4 is 10.6 Å². The van der Waals surface area contributed by atoms with Crippen LogP contribution in [0.2, 0.25) is 0 Å². The lowest BCUT2D eigenvalue weighted by atomic mass is 10.0. The van der Waals surface area contributed by atoms with Crippen molar-refractivity contribution in [1.29, 1.82) is 0 Å². The normalized spacial score (nSPS) is 16.8. The van der Waals surface area contributed by atoms with Crippen molar-refractivity contribution in [3.63, 3.8) is 0 Å². The van der Waals surface area contributed by atoms with Crippen LogP contribution in [0, 0.1) is 0 Å². The molecule has 1 atom stereocenters. The second kappa shape index (κ2) is 10.9. The Labute approximate surface area is 164 Å². The first-order valence-corrected chi connectivity index (χ1v) is 8.86. The maximum absolute atomic E-state index is 4.38. The lowest BCUT2D eigenvalue weighted by molar-refractivity contribution is 0.298. The Hall–Kier alpha value is -0.820. The summed E-state index contributed by atoms with van der Waals surface area (Å²) in [6.45, 7) is 3.05. The fourth-order valence-corrected chi connectivity index (χ4v) is 3.23. The van der Waals surface area contributed by atoms with Crippen molar-refractivity contribution < 1.29 is 0 Å². The van der Waals surface area contributed by atoms with Gasteiger partial charge in [0.05, 0.1) is 6.04 Å². The van der Waals surface area contributed by atoms with E-state index in [1.54, 1.807) is 0 Å². The molecule has 1 fully saturated rings. The van der Waals surface area contributed by atoms with E-state index in [0.717, 1.165) is 18.9 Å². The number of nitrogens with one attached hydrogen (secondary N) is 2. The molecule has 1 unspecified atom stereocenters. The van der Waals surface area contributed by atoms with Gasteiger partial charge in [0, 0.05) is 19.6 Å². The van der Waals surface area contributed by atoms with Crippen molar-refractivity contribution in [1.82, 2.24) is 15.5 Å². The van der Waals surface area contributed by atoms with E-state index in [4.69, 9.17) is 0 Å². The summed E-state index contributed by atoms with van der Waals surface area (Å²) < 4.78 is 0. The van der Waals surface area contributed by atoms with E-state index in [-0.39, 0.29) is 24.0 Å². The predicted octanol–water partition coefficient (Wildman–Crippen LogP) is 3.58. The molecule has 2 rings (SSSR count). The van der Waals surface area contributed by atoms with Gasteiger partial charge < -0.3 is 15.5 Å². The standard InChI is InChI=1S/C19H32N4.HI/c1-5-15-10-12-16(13-11-15)18(23(3)4)14-21-19(20-2)22-17-8-6-7-9-17;/h10-13,17-18H,5-9,14H2,1-4H3,(H2,20,21,22);1H. The number of aliphatic imine (C=N–C) groups is 1. The van der Waals surface area contributed by atoms with Gasteiger partial charge in [-0.15, -0.1) is 24.0 Å². The van der Waals surface area contributed by atoms with E-state index >= 15 is 0 Å². The van der Waals surface area contributed by atoms with Crippen LogP contribution in [0.5, 0.6) is 0 Å². The molecule has 0 aromatic heterocycles. The molecule has 0 saturated heterocycles. The van der Waals surface area contributed by atoms with E-state index in [1.165, 1.54) is 36.8 Å². The Morgan fingerprint density at radius 3 is 2.33 bits per heavy atom. The second-order valence-electron chi connectivity index (χ2n) is 6.65. The van der Waals surface area contributed by atoms with E-state index in [2.05, 4.69) is 65.8 Å². The molecule has 4 nitrogen and oxygen atoms in total. The van der Waals surface area contributed by atoms with Gasteiger partial charge in [0.1, 0.15) is 0 Å². The summed E-state index contributed by atoms with van der Waals surface area (Å²) in [7, 11) is 6.12. The molecule has 24 heavy (non-hydrogen) atoms. The van der Waals surface area contributed by atoms with Gasteiger partial charge in [-0.25, -0.2) is 0 Å². The largest absolute Gasteiger partial charge is 0.354 e. The fourth-order valence-electron chi connectivity index (χ4n) is 3.23. The third-order valence-corrected chi connectivity index (χ3v) is 4.78. The Bertz CT molecular complexity index is 493. The molecule has 5 heteroatoms. The van der Waals surface area contributed by atoms with Crippen LogP contribution in [0.1, 0.15) is 49.8 Å². The number of aryl methyl sites for hydroxylation is 1. The van der Waals surface area contributed by atoms with Gasteiger partial charge in [0.2, 0.25) is 0 Å². The monoisotopic (exact) mass is 444 g/mol. The van der Waals surface area contributed by atoms with Gasteiger partial charge >= 0.3 is 0 Å². The van der Waals surface area contributed by atoms with Gasteiger partial charge in [-0.3, -0.25) is 4.99 Å². The quantitative estimate of drug-likeness (QED) is 0.401. The van der Waals surface area contributed by atoms with Crippen molar-refractivity contribution >= 4 is 29.9 Å². The molecule has 1 aliphatic rings. The van der Waals surface area contributed by atoms with Crippen molar-refractivity contribution in [3.8, 4) is 0 Å². The topological polar surface area (TPSA) is 39.7 Å². The van der Waals surface area contributed by atoms with Crippen molar-refractivity contribution in [2.24, 2.45) is 4.99 Å². The van der Waals surface area contributed by atoms with Crippen LogP contribution in [0.15, 0.2) is 29.3 Å². The molecular formula is C19H33IN4. The highest BCUT2D eigenvalue weighted by atomic mass is 127. The summed E-state index contributed by atoms with van der Waals surface area (Å²) >= 11 is 0. The number of hydrogen-bond donors (Lipinski definition) is 2. The summed E-state index contributed by atoms with van der Waals surface area (Å²) in [5.74, 6) is 0.925. The first kappa shape index (κ1) is 21.2. The minimum Gasteiger partial charge on any atom is -0.354 e. The SMILES string of the molecule is CCc1ccc(C(CNC(=NC)NC2CCCC2)N(C)C)cc1.I. The fraction of sp³-hybridized carbons (Fsp3) is 0.632. The van der Waals surface area contributed by atoms with E-state index in [0.29, 0.717) is 12.1 Å². The smallest absolute Gasteiger partial charge is 0.191 e. The van der Waals surface area contributed by atoms with Gasteiger partial charge in [0.15, 0.2) is 5.96 Å². The predicted molar refractivity (Wildman–Crippen MR) is 114 cm³/mol. The van der Waals surface area contributed by atoms with Crippen LogP contribution in [0.3, 0.4) is 0 Å². The maximum atomic E-state index is 4.38. The number of nitrogens with zero attached hydrogens (tertiary/aromatic N) is 2. The third kappa shape index (κ3) is 6.24. The molecule has 1 saturated carbocycles. The highest BCUT2D eigenvalue weighted by Gasteiger charge is 2.18. The van der Waals surface area contributed by atoms with Gasteiger partial charge in [-0.1, -0.05) is 44.0 Å². The van der Waals surface area contributed by atoms with Gasteiger partial charge in [-0.2, -0.15) is 0 Å². The second-order valence-corrected chi connectivity index (χ2v) is 6.65. The van der Waals surface area contributed by atoms with Gasteiger partial charge in [-0.05, 0) is 44.5 Å². The Morgan fingerprint density at radius 2 is 1.83 bits per heavy atom. The summed E-state index contributed by atoms with van der Waals surface area (Å²) in [6, 6.07) is 9.89. The molecule has 2 N–H and O–H groups in total. The minimum atomic E-state index is 0. The average molecular weight is 444 g/mol. The molecule has 0 radical (unpaired) electrons. The van der Waals surface area contributed by atoms with Crippen LogP contribution in [-0.4, -0.2) is 44.6 Å². The number of likely N-dealkylation sites (N-methyl/N-ethyl adjacent to an activating group) is 1. The third-order valence-electron chi connectivity index (χ3n) is 4.78. The van der Waals surface area contributed by atoms with Crippen LogP contribution in [-0.2, 0) is 6.42 Å². The molecule has 0 amide bonds. The van der Waals surface area contributed by atoms with Crippen LogP contribution in [0.25, 0.3) is 0 Å². The first-order valence-electron chi connectivity index (χ1n) is 8.86. The number of benzene rings is 1. The highest BCUT2D eigenvalue weighted by Crippen LogP contribution is 2.19. The number of rotatable bonds is 6. The zero-order valence-corrected chi connectivity index (χ0v) is 17.8. The molecule has 1 aliphatic carbocycles. The number of halogens is 1. The first-order chi connectivity index (χ1) is 11.1. The molecule has 136 valence electrons. The lowest BCUT2D eigenvalue weighted by Crippen LogP contribution is -2.45.